The maximum absolute atomic E-state index is 15.0. The van der Waals surface area contributed by atoms with E-state index < -0.39 is 31.5 Å². The van der Waals surface area contributed by atoms with E-state index in [0.717, 1.165) is 38.8 Å². The second-order valence-corrected chi connectivity index (χ2v) is 20.3. The Morgan fingerprint density at radius 3 is 2.38 bits per heavy atom. The topological polar surface area (TPSA) is 111 Å². The molecular formula is C44H42ClN3O6Si. The van der Waals surface area contributed by atoms with Crippen LogP contribution < -0.4 is 9.80 Å². The van der Waals surface area contributed by atoms with Crippen LogP contribution in [0.15, 0.2) is 103 Å². The second kappa shape index (κ2) is 13.1. The highest BCUT2D eigenvalue weighted by atomic mass is 35.5. The molecule has 0 bridgehead atoms. The van der Waals surface area contributed by atoms with Gasteiger partial charge in [0, 0.05) is 39.7 Å². The SMILES string of the molecule is C[C@H]1[C@H]([Si](C)(C)O)[C@@H](CC(=O)N2Cc3ccccc3C[C@H]2CO)O[C@]12C(=O)N(Cc1ccc(N3C(=O)c4cccc5cccc3c45)cc1)c1ccc(Cl)cc12. The predicted molar refractivity (Wildman–Crippen MR) is 215 cm³/mol. The molecule has 0 aromatic heterocycles. The Morgan fingerprint density at radius 2 is 1.65 bits per heavy atom. The first-order valence-electron chi connectivity index (χ1n) is 18.8. The van der Waals surface area contributed by atoms with Gasteiger partial charge in [0.25, 0.3) is 11.8 Å². The fourth-order valence-corrected chi connectivity index (χ4v) is 12.6. The van der Waals surface area contributed by atoms with Gasteiger partial charge in [-0.05, 0) is 84.1 Å². The average Bonchev–Trinajstić information content (AvgIpc) is 3.72. The monoisotopic (exact) mass is 771 g/mol. The normalized spacial score (nSPS) is 24.3. The van der Waals surface area contributed by atoms with Crippen LogP contribution in [0.1, 0.15) is 46.0 Å². The van der Waals surface area contributed by atoms with Crippen LogP contribution in [0.2, 0.25) is 23.7 Å². The van der Waals surface area contributed by atoms with E-state index >= 15 is 4.79 Å². The van der Waals surface area contributed by atoms with Crippen molar-refractivity contribution in [3.05, 3.63) is 136 Å². The first kappa shape index (κ1) is 35.8. The highest BCUT2D eigenvalue weighted by Gasteiger charge is 2.66. The molecule has 0 aliphatic carbocycles. The number of hydrogen-bond acceptors (Lipinski definition) is 6. The number of fused-ring (bicyclic) bond motifs is 3. The summed E-state index contributed by atoms with van der Waals surface area (Å²) in [5.41, 5.74) is 4.62. The molecule has 3 amide bonds. The van der Waals surface area contributed by atoms with Crippen LogP contribution in [-0.2, 0) is 39.4 Å². The van der Waals surface area contributed by atoms with Gasteiger partial charge in [0.05, 0.1) is 48.7 Å². The number of aliphatic hydroxyl groups is 1. The lowest BCUT2D eigenvalue weighted by molar-refractivity contribution is -0.151. The quantitative estimate of drug-likeness (QED) is 0.166. The van der Waals surface area contributed by atoms with Crippen molar-refractivity contribution in [1.82, 2.24) is 4.90 Å². The minimum Gasteiger partial charge on any atom is -0.432 e. The van der Waals surface area contributed by atoms with Crippen molar-refractivity contribution in [2.45, 2.75) is 69.2 Å². The molecule has 11 heteroatoms. The number of anilines is 3. The largest absolute Gasteiger partial charge is 0.432 e. The minimum atomic E-state index is -3.05. The third-order valence-corrected chi connectivity index (χ3v) is 15.0. The average molecular weight is 772 g/mol. The molecule has 0 radical (unpaired) electrons. The molecule has 5 atom stereocenters. The van der Waals surface area contributed by atoms with Crippen molar-refractivity contribution >= 4 is 65.5 Å². The molecule has 1 spiro atoms. The van der Waals surface area contributed by atoms with Gasteiger partial charge in [-0.25, -0.2) is 0 Å². The van der Waals surface area contributed by atoms with E-state index in [0.29, 0.717) is 34.8 Å². The van der Waals surface area contributed by atoms with Crippen molar-refractivity contribution in [3.63, 3.8) is 0 Å². The molecular weight excluding hydrogens is 730 g/mol. The summed E-state index contributed by atoms with van der Waals surface area (Å²) >= 11 is 6.62. The van der Waals surface area contributed by atoms with Crippen LogP contribution >= 0.6 is 11.6 Å². The van der Waals surface area contributed by atoms with E-state index in [1.165, 1.54) is 0 Å². The van der Waals surface area contributed by atoms with Crippen molar-refractivity contribution < 1.29 is 29.0 Å². The van der Waals surface area contributed by atoms with Gasteiger partial charge in [-0.2, -0.15) is 0 Å². The third-order valence-electron chi connectivity index (χ3n) is 12.3. The summed E-state index contributed by atoms with van der Waals surface area (Å²) in [4.78, 5) is 59.8. The maximum Gasteiger partial charge on any atom is 0.264 e. The van der Waals surface area contributed by atoms with Crippen LogP contribution in [0.25, 0.3) is 10.8 Å². The lowest BCUT2D eigenvalue weighted by Gasteiger charge is -2.37. The highest BCUT2D eigenvalue weighted by Crippen LogP contribution is 2.60. The first-order valence-corrected chi connectivity index (χ1v) is 22.3. The van der Waals surface area contributed by atoms with Gasteiger partial charge in [-0.3, -0.25) is 19.3 Å². The van der Waals surface area contributed by atoms with E-state index in [9.17, 15) is 19.5 Å². The first-order chi connectivity index (χ1) is 26.4. The number of hydrogen-bond donors (Lipinski definition) is 2. The van der Waals surface area contributed by atoms with Gasteiger partial charge in [-0.15, -0.1) is 0 Å². The summed E-state index contributed by atoms with van der Waals surface area (Å²) in [5, 5.41) is 12.7. The fraction of sp³-hybridized carbons (Fsp3) is 0.295. The van der Waals surface area contributed by atoms with Crippen molar-refractivity contribution in [3.8, 4) is 0 Å². The fourth-order valence-electron chi connectivity index (χ4n) is 9.84. The molecule has 9 rings (SSSR count). The number of halogens is 1. The van der Waals surface area contributed by atoms with Crippen LogP contribution in [0.3, 0.4) is 0 Å². The molecule has 55 heavy (non-hydrogen) atoms. The molecule has 0 saturated carbocycles. The number of rotatable bonds is 7. The van der Waals surface area contributed by atoms with Crippen molar-refractivity contribution in [2.75, 3.05) is 16.4 Å². The minimum absolute atomic E-state index is 0.0378. The number of carbonyl (C=O) groups is 3. The van der Waals surface area contributed by atoms with Gasteiger partial charge >= 0.3 is 0 Å². The predicted octanol–water partition coefficient (Wildman–Crippen LogP) is 7.47. The number of benzene rings is 5. The Labute approximate surface area is 325 Å². The summed E-state index contributed by atoms with van der Waals surface area (Å²) < 4.78 is 6.95. The van der Waals surface area contributed by atoms with E-state index in [4.69, 9.17) is 16.3 Å². The van der Waals surface area contributed by atoms with Gasteiger partial charge in [0.15, 0.2) is 13.9 Å². The number of carbonyl (C=O) groups excluding carboxylic acids is 3. The van der Waals surface area contributed by atoms with E-state index in [2.05, 4.69) is 0 Å². The molecule has 5 aromatic rings. The van der Waals surface area contributed by atoms with Gasteiger partial charge in [0.1, 0.15) is 0 Å². The second-order valence-electron chi connectivity index (χ2n) is 15.9. The molecule has 4 aliphatic heterocycles. The number of nitrogens with zero attached hydrogens (tertiary/aromatic N) is 3. The number of ether oxygens (including phenoxy) is 1. The Bertz CT molecular complexity index is 2390. The zero-order valence-corrected chi connectivity index (χ0v) is 32.7. The Morgan fingerprint density at radius 1 is 0.927 bits per heavy atom. The van der Waals surface area contributed by atoms with Crippen LogP contribution in [0, 0.1) is 5.92 Å². The van der Waals surface area contributed by atoms with Gasteiger partial charge in [-0.1, -0.05) is 79.2 Å². The summed E-state index contributed by atoms with van der Waals surface area (Å²) in [6.07, 6.45) is -0.233. The van der Waals surface area contributed by atoms with Crippen molar-refractivity contribution in [1.29, 1.82) is 0 Å². The maximum atomic E-state index is 15.0. The van der Waals surface area contributed by atoms with Crippen LogP contribution in [0.5, 0.6) is 0 Å². The Balaban J connectivity index is 1.01. The molecule has 280 valence electrons. The molecule has 1 saturated heterocycles. The summed E-state index contributed by atoms with van der Waals surface area (Å²) in [6.45, 7) is 6.05. The molecule has 2 N–H and O–H groups in total. The molecule has 5 aromatic carbocycles. The van der Waals surface area contributed by atoms with Crippen LogP contribution in [0.4, 0.5) is 17.1 Å². The smallest absolute Gasteiger partial charge is 0.264 e. The van der Waals surface area contributed by atoms with Gasteiger partial charge in [0.2, 0.25) is 5.91 Å². The lowest BCUT2D eigenvalue weighted by atomic mass is 9.82. The number of amides is 3. The van der Waals surface area contributed by atoms with Crippen LogP contribution in [-0.4, -0.2) is 59.6 Å². The summed E-state index contributed by atoms with van der Waals surface area (Å²) in [5.74, 6) is -1.01. The molecule has 4 aliphatic rings. The standard InChI is InChI=1S/C44H42ClN3O6Si/c1-26-41(55(2,3)53)38(22-39(50)46-24-30-9-5-4-8-29(30)20-33(46)25-49)54-44(26)35-21-31(45)16-19-36(35)47(43(44)52)23-27-14-17-32(18-15-27)48-37-13-7-11-28-10-6-12-34(40(28)37)42(48)51/h4-19,21,26,33,38,41,49,53H,20,22-25H2,1-3H3/t26-,33-,38+,41-,44+/m0/s1. The van der Waals surface area contributed by atoms with Gasteiger partial charge < -0.3 is 24.4 Å². The number of aliphatic hydroxyl groups excluding tert-OH is 1. The Hall–Kier alpha value is -4.84. The highest BCUT2D eigenvalue weighted by molar-refractivity contribution is 6.71. The molecule has 0 unspecified atom stereocenters. The Kier molecular flexibility index (Phi) is 8.56. The zero-order valence-electron chi connectivity index (χ0n) is 30.9. The lowest BCUT2D eigenvalue weighted by Crippen LogP contribution is -2.48. The van der Waals surface area contributed by atoms with E-state index in [-0.39, 0.29) is 43.3 Å². The molecule has 1 fully saturated rings. The summed E-state index contributed by atoms with van der Waals surface area (Å²) in [7, 11) is -3.05. The molecule has 4 heterocycles. The third kappa shape index (κ3) is 5.56. The van der Waals surface area contributed by atoms with E-state index in [1.807, 2.05) is 111 Å². The molecule has 9 nitrogen and oxygen atoms in total. The summed E-state index contributed by atoms with van der Waals surface area (Å²) in [6, 6.07) is 32.3. The van der Waals surface area contributed by atoms with Crippen molar-refractivity contribution in [2.24, 2.45) is 5.92 Å². The zero-order chi connectivity index (χ0) is 38.4. The van der Waals surface area contributed by atoms with E-state index in [1.54, 1.807) is 26.8 Å².